The van der Waals surface area contributed by atoms with E-state index in [4.69, 9.17) is 0 Å². The highest BCUT2D eigenvalue weighted by Gasteiger charge is 2.31. The van der Waals surface area contributed by atoms with E-state index in [0.29, 0.717) is 6.54 Å². The summed E-state index contributed by atoms with van der Waals surface area (Å²) in [6, 6.07) is 9.45. The van der Waals surface area contributed by atoms with Gasteiger partial charge in [0.2, 0.25) is 5.91 Å². The summed E-state index contributed by atoms with van der Waals surface area (Å²) < 4.78 is 1.77. The Morgan fingerprint density at radius 1 is 1.32 bits per heavy atom. The summed E-state index contributed by atoms with van der Waals surface area (Å²) in [6.07, 6.45) is 9.04. The van der Waals surface area contributed by atoms with Crippen molar-refractivity contribution in [1.82, 2.24) is 24.6 Å². The molecule has 1 aliphatic rings. The van der Waals surface area contributed by atoms with Crippen molar-refractivity contribution < 1.29 is 4.79 Å². The number of carbonyl (C=O) groups excluding carboxylic acids is 1. The number of hydrogen-bond acceptors (Lipinski definition) is 4. The molecule has 128 valence electrons. The van der Waals surface area contributed by atoms with Gasteiger partial charge in [0.25, 0.3) is 0 Å². The monoisotopic (exact) mass is 336 g/mol. The molecule has 25 heavy (non-hydrogen) atoms. The number of nitrogens with one attached hydrogen (secondary N) is 2. The van der Waals surface area contributed by atoms with Crippen LogP contribution in [0.3, 0.4) is 0 Å². The van der Waals surface area contributed by atoms with E-state index in [1.807, 2.05) is 36.5 Å². The Hall–Kier alpha value is -2.93. The minimum atomic E-state index is -0.126. The highest BCUT2D eigenvalue weighted by Crippen LogP contribution is 2.21. The van der Waals surface area contributed by atoms with Crippen molar-refractivity contribution in [2.45, 2.75) is 25.4 Å². The van der Waals surface area contributed by atoms with Crippen molar-refractivity contribution in [2.24, 2.45) is 0 Å². The topological polar surface area (TPSA) is 78.8 Å². The van der Waals surface area contributed by atoms with Crippen molar-refractivity contribution in [2.75, 3.05) is 11.9 Å². The highest BCUT2D eigenvalue weighted by molar-refractivity contribution is 5.95. The molecule has 4 rings (SSSR count). The SMILES string of the molecule is O=C(Nc1cccc(-n2cccn2)c1)[C@@H]1CCCN1Cc1ncc[nH]1. The molecule has 7 heteroatoms. The molecule has 2 aromatic heterocycles. The van der Waals surface area contributed by atoms with Crippen molar-refractivity contribution in [3.8, 4) is 5.69 Å². The number of amides is 1. The van der Waals surface area contributed by atoms with Crippen molar-refractivity contribution in [3.63, 3.8) is 0 Å². The van der Waals surface area contributed by atoms with E-state index in [1.54, 1.807) is 23.3 Å². The average Bonchev–Trinajstić information content (AvgIpc) is 3.38. The van der Waals surface area contributed by atoms with Gasteiger partial charge in [0.05, 0.1) is 18.3 Å². The van der Waals surface area contributed by atoms with Crippen LogP contribution in [-0.2, 0) is 11.3 Å². The van der Waals surface area contributed by atoms with Crippen LogP contribution in [0, 0.1) is 0 Å². The summed E-state index contributed by atoms with van der Waals surface area (Å²) in [5, 5.41) is 7.27. The fourth-order valence-electron chi connectivity index (χ4n) is 3.26. The lowest BCUT2D eigenvalue weighted by atomic mass is 10.2. The molecule has 7 nitrogen and oxygen atoms in total. The first-order valence-corrected chi connectivity index (χ1v) is 8.43. The number of aromatic nitrogens is 4. The summed E-state index contributed by atoms with van der Waals surface area (Å²) in [5.41, 5.74) is 1.70. The van der Waals surface area contributed by atoms with Crippen molar-refractivity contribution in [1.29, 1.82) is 0 Å². The van der Waals surface area contributed by atoms with Gasteiger partial charge in [-0.05, 0) is 43.7 Å². The second-order valence-electron chi connectivity index (χ2n) is 6.15. The van der Waals surface area contributed by atoms with Gasteiger partial charge in [0, 0.05) is 30.5 Å². The van der Waals surface area contributed by atoms with Crippen LogP contribution in [0.5, 0.6) is 0 Å². The quantitative estimate of drug-likeness (QED) is 0.749. The molecule has 1 fully saturated rings. The molecule has 0 bridgehead atoms. The molecule has 0 unspecified atom stereocenters. The molecule has 1 atom stereocenters. The van der Waals surface area contributed by atoms with Gasteiger partial charge in [-0.15, -0.1) is 0 Å². The number of carbonyl (C=O) groups is 1. The Morgan fingerprint density at radius 3 is 3.08 bits per heavy atom. The Morgan fingerprint density at radius 2 is 2.28 bits per heavy atom. The van der Waals surface area contributed by atoms with Crippen molar-refractivity contribution in [3.05, 3.63) is 60.9 Å². The lowest BCUT2D eigenvalue weighted by Gasteiger charge is -2.22. The van der Waals surface area contributed by atoms with Gasteiger partial charge in [-0.3, -0.25) is 9.69 Å². The smallest absolute Gasteiger partial charge is 0.241 e. The zero-order valence-corrected chi connectivity index (χ0v) is 13.8. The normalized spacial score (nSPS) is 17.7. The molecule has 3 heterocycles. The minimum Gasteiger partial charge on any atom is -0.348 e. The van der Waals surface area contributed by atoms with Gasteiger partial charge < -0.3 is 10.3 Å². The Balaban J connectivity index is 1.45. The molecule has 1 amide bonds. The number of hydrogen-bond donors (Lipinski definition) is 2. The van der Waals surface area contributed by atoms with Gasteiger partial charge in [-0.2, -0.15) is 5.10 Å². The van der Waals surface area contributed by atoms with E-state index in [-0.39, 0.29) is 11.9 Å². The summed E-state index contributed by atoms with van der Waals surface area (Å²) in [7, 11) is 0. The maximum absolute atomic E-state index is 12.7. The molecular weight excluding hydrogens is 316 g/mol. The number of likely N-dealkylation sites (tertiary alicyclic amines) is 1. The predicted octanol–water partition coefficient (Wildman–Crippen LogP) is 2.20. The third-order valence-corrected chi connectivity index (χ3v) is 4.46. The number of aromatic amines is 1. The van der Waals surface area contributed by atoms with E-state index >= 15 is 0 Å². The fourth-order valence-corrected chi connectivity index (χ4v) is 3.26. The molecule has 1 aromatic carbocycles. The molecule has 0 spiro atoms. The predicted molar refractivity (Wildman–Crippen MR) is 94.2 cm³/mol. The molecule has 1 aliphatic heterocycles. The van der Waals surface area contributed by atoms with Crippen LogP contribution in [0.25, 0.3) is 5.69 Å². The van der Waals surface area contributed by atoms with E-state index in [0.717, 1.165) is 36.6 Å². The molecule has 3 aromatic rings. The lowest BCUT2D eigenvalue weighted by molar-refractivity contribution is -0.120. The first kappa shape index (κ1) is 15.6. The van der Waals surface area contributed by atoms with Gasteiger partial charge in [-0.25, -0.2) is 9.67 Å². The summed E-state index contributed by atoms with van der Waals surface area (Å²) in [5.74, 6) is 0.919. The van der Waals surface area contributed by atoms with E-state index in [2.05, 4.69) is 25.3 Å². The second-order valence-corrected chi connectivity index (χ2v) is 6.15. The molecular formula is C18H20N6O. The number of benzene rings is 1. The minimum absolute atomic E-state index is 0.0293. The van der Waals surface area contributed by atoms with E-state index < -0.39 is 0 Å². The maximum Gasteiger partial charge on any atom is 0.241 e. The first-order valence-electron chi connectivity index (χ1n) is 8.43. The van der Waals surface area contributed by atoms with Gasteiger partial charge >= 0.3 is 0 Å². The summed E-state index contributed by atoms with van der Waals surface area (Å²) in [6.45, 7) is 1.57. The summed E-state index contributed by atoms with van der Waals surface area (Å²) in [4.78, 5) is 22.3. The molecule has 0 aliphatic carbocycles. The summed E-state index contributed by atoms with van der Waals surface area (Å²) >= 11 is 0. The van der Waals surface area contributed by atoms with Crippen LogP contribution < -0.4 is 5.32 Å². The van der Waals surface area contributed by atoms with E-state index in [9.17, 15) is 4.79 Å². The van der Waals surface area contributed by atoms with Crippen LogP contribution in [0.1, 0.15) is 18.7 Å². The third-order valence-electron chi connectivity index (χ3n) is 4.46. The van der Waals surface area contributed by atoms with E-state index in [1.165, 1.54) is 0 Å². The van der Waals surface area contributed by atoms with Crippen molar-refractivity contribution >= 4 is 11.6 Å². The Bertz CT molecular complexity index is 827. The molecule has 0 saturated carbocycles. The number of nitrogens with zero attached hydrogens (tertiary/aromatic N) is 4. The van der Waals surface area contributed by atoms with Crippen LogP contribution in [-0.4, -0.2) is 43.1 Å². The van der Waals surface area contributed by atoms with Gasteiger partial charge in [0.15, 0.2) is 0 Å². The van der Waals surface area contributed by atoms with Crippen LogP contribution in [0.2, 0.25) is 0 Å². The Kier molecular flexibility index (Phi) is 4.30. The van der Waals surface area contributed by atoms with Gasteiger partial charge in [-0.1, -0.05) is 6.07 Å². The van der Waals surface area contributed by atoms with Crippen LogP contribution in [0.15, 0.2) is 55.1 Å². The maximum atomic E-state index is 12.7. The van der Waals surface area contributed by atoms with Gasteiger partial charge in [0.1, 0.15) is 5.82 Å². The molecule has 1 saturated heterocycles. The lowest BCUT2D eigenvalue weighted by Crippen LogP contribution is -2.39. The largest absolute Gasteiger partial charge is 0.348 e. The zero-order valence-electron chi connectivity index (χ0n) is 13.8. The number of rotatable bonds is 5. The standard InChI is InChI=1S/C18H20N6O/c25-18(16-6-2-10-23(16)13-17-19-8-9-20-17)22-14-4-1-5-15(12-14)24-11-3-7-21-24/h1,3-5,7-9,11-12,16H,2,6,10,13H2,(H,19,20)(H,22,25)/t16-/m0/s1. The third kappa shape index (κ3) is 3.46. The van der Waals surface area contributed by atoms with Crippen LogP contribution >= 0.6 is 0 Å². The highest BCUT2D eigenvalue weighted by atomic mass is 16.2. The fraction of sp³-hybridized carbons (Fsp3) is 0.278. The molecule has 0 radical (unpaired) electrons. The number of anilines is 1. The second kappa shape index (κ2) is 6.90. The molecule has 2 N–H and O–H groups in total. The number of imidazole rings is 1. The van der Waals surface area contributed by atoms with Crippen LogP contribution in [0.4, 0.5) is 5.69 Å². The first-order chi connectivity index (χ1) is 12.3. The zero-order chi connectivity index (χ0) is 17.1. The average molecular weight is 336 g/mol. The Labute approximate surface area is 145 Å². The number of H-pyrrole nitrogens is 1.